The van der Waals surface area contributed by atoms with Crippen LogP contribution in [0, 0.1) is 0 Å². The number of nitrogens with one attached hydrogen (secondary N) is 1. The van der Waals surface area contributed by atoms with E-state index in [0.29, 0.717) is 11.3 Å². The molecule has 1 aliphatic carbocycles. The van der Waals surface area contributed by atoms with E-state index < -0.39 is 5.54 Å². The molecule has 6 nitrogen and oxygen atoms in total. The summed E-state index contributed by atoms with van der Waals surface area (Å²) in [4.78, 5) is 28.7. The lowest BCUT2D eigenvalue weighted by Crippen LogP contribution is -2.47. The number of anilines is 1. The van der Waals surface area contributed by atoms with Crippen molar-refractivity contribution in [1.82, 2.24) is 9.80 Å². The van der Waals surface area contributed by atoms with E-state index in [-0.39, 0.29) is 42.7 Å². The molecule has 3 rings (SSSR count). The number of carbonyl (C=O) groups is 2. The van der Waals surface area contributed by atoms with Crippen molar-refractivity contribution < 1.29 is 9.59 Å². The van der Waals surface area contributed by atoms with E-state index in [1.165, 1.54) is 0 Å². The number of hydrogen-bond acceptors (Lipinski definition) is 4. The molecule has 1 aromatic carbocycles. The number of benzene rings is 1. The van der Waals surface area contributed by atoms with Crippen LogP contribution in [0.15, 0.2) is 24.3 Å². The Labute approximate surface area is 167 Å². The molecule has 0 spiro atoms. The van der Waals surface area contributed by atoms with E-state index in [4.69, 9.17) is 5.73 Å². The largest absolute Gasteiger partial charge is 0.337 e. The Kier molecular flexibility index (Phi) is 7.89. The third kappa shape index (κ3) is 5.10. The molecule has 1 atom stereocenters. The molecule has 26 heavy (non-hydrogen) atoms. The first-order chi connectivity index (χ1) is 11.4. The Morgan fingerprint density at radius 3 is 2.38 bits per heavy atom. The third-order valence-corrected chi connectivity index (χ3v) is 5.10. The normalized spacial score (nSPS) is 21.0. The van der Waals surface area contributed by atoms with Crippen LogP contribution in [0.3, 0.4) is 0 Å². The summed E-state index contributed by atoms with van der Waals surface area (Å²) in [6.45, 7) is 2.00. The van der Waals surface area contributed by atoms with Gasteiger partial charge in [0.25, 0.3) is 5.91 Å². The maximum atomic E-state index is 12.7. The van der Waals surface area contributed by atoms with Crippen molar-refractivity contribution in [2.24, 2.45) is 5.73 Å². The fourth-order valence-electron chi connectivity index (χ4n) is 3.14. The minimum absolute atomic E-state index is 0. The second-order valence-corrected chi connectivity index (χ2v) is 7.16. The number of rotatable bonds is 4. The van der Waals surface area contributed by atoms with Crippen LogP contribution in [-0.4, -0.2) is 60.4 Å². The van der Waals surface area contributed by atoms with E-state index in [0.717, 1.165) is 38.8 Å². The van der Waals surface area contributed by atoms with Gasteiger partial charge in [-0.3, -0.25) is 9.59 Å². The number of amides is 2. The monoisotopic (exact) mass is 402 g/mol. The molecule has 0 bridgehead atoms. The van der Waals surface area contributed by atoms with Gasteiger partial charge in [0.15, 0.2) is 0 Å². The van der Waals surface area contributed by atoms with Crippen LogP contribution in [0.25, 0.3) is 0 Å². The zero-order valence-electron chi connectivity index (χ0n) is 15.2. The molecule has 0 aromatic heterocycles. The molecular weight excluding hydrogens is 375 g/mol. The molecule has 2 aliphatic rings. The highest BCUT2D eigenvalue weighted by atomic mass is 35.5. The molecule has 2 fully saturated rings. The number of piperidine rings is 1. The first-order valence-electron chi connectivity index (χ1n) is 8.55. The second kappa shape index (κ2) is 9.04. The van der Waals surface area contributed by atoms with Crippen molar-refractivity contribution in [1.29, 1.82) is 0 Å². The van der Waals surface area contributed by atoms with Crippen LogP contribution in [0.1, 0.15) is 36.0 Å². The standard InChI is InChI=1S/C18H26N4O2.2ClH/c1-21-11-3-4-15(12-21)22(2)16(23)13-5-7-14(8-6-13)20-17(24)18(19)9-10-18;;/h5-8,15H,3-4,9-12,19H2,1-2H3,(H,20,24);2*1H. The Balaban J connectivity index is 0.00000169. The van der Waals surface area contributed by atoms with Gasteiger partial charge >= 0.3 is 0 Å². The average molecular weight is 403 g/mol. The van der Waals surface area contributed by atoms with Crippen molar-refractivity contribution in [2.75, 3.05) is 32.5 Å². The number of likely N-dealkylation sites (tertiary alicyclic amines) is 1. The number of hydrogen-bond donors (Lipinski definition) is 2. The van der Waals surface area contributed by atoms with Crippen molar-refractivity contribution in [3.05, 3.63) is 29.8 Å². The summed E-state index contributed by atoms with van der Waals surface area (Å²) >= 11 is 0. The fourth-order valence-corrected chi connectivity index (χ4v) is 3.14. The molecular formula is C18H28Cl2N4O2. The Morgan fingerprint density at radius 2 is 1.85 bits per heavy atom. The van der Waals surface area contributed by atoms with Gasteiger partial charge in [-0.25, -0.2) is 0 Å². The van der Waals surface area contributed by atoms with Crippen molar-refractivity contribution >= 4 is 42.3 Å². The second-order valence-electron chi connectivity index (χ2n) is 7.16. The number of carbonyl (C=O) groups excluding carboxylic acids is 2. The molecule has 0 radical (unpaired) electrons. The Hall–Kier alpha value is -1.34. The summed E-state index contributed by atoms with van der Waals surface area (Å²) in [5.41, 5.74) is 6.49. The lowest BCUT2D eigenvalue weighted by molar-refractivity contribution is -0.118. The van der Waals surface area contributed by atoms with Gasteiger partial charge in [-0.15, -0.1) is 24.8 Å². The van der Waals surface area contributed by atoms with Crippen LogP contribution < -0.4 is 11.1 Å². The smallest absolute Gasteiger partial charge is 0.253 e. The summed E-state index contributed by atoms with van der Waals surface area (Å²) in [7, 11) is 3.96. The van der Waals surface area contributed by atoms with Gasteiger partial charge in [-0.1, -0.05) is 0 Å². The fraction of sp³-hybridized carbons (Fsp3) is 0.556. The summed E-state index contributed by atoms with van der Waals surface area (Å²) in [5, 5.41) is 2.81. The number of nitrogens with zero attached hydrogens (tertiary/aromatic N) is 2. The van der Waals surface area contributed by atoms with Gasteiger partial charge in [0.2, 0.25) is 5.91 Å². The lowest BCUT2D eigenvalue weighted by atomic mass is 10.0. The zero-order valence-corrected chi connectivity index (χ0v) is 16.9. The summed E-state index contributed by atoms with van der Waals surface area (Å²) < 4.78 is 0. The molecule has 8 heteroatoms. The van der Waals surface area contributed by atoms with E-state index in [1.54, 1.807) is 24.3 Å². The predicted octanol–water partition coefficient (Wildman–Crippen LogP) is 2.13. The van der Waals surface area contributed by atoms with Crippen LogP contribution in [0.5, 0.6) is 0 Å². The van der Waals surface area contributed by atoms with Crippen molar-refractivity contribution in [3.8, 4) is 0 Å². The Bertz CT molecular complexity index is 635. The van der Waals surface area contributed by atoms with Crippen molar-refractivity contribution in [2.45, 2.75) is 37.3 Å². The van der Waals surface area contributed by atoms with Crippen LogP contribution in [0.4, 0.5) is 5.69 Å². The van der Waals surface area contributed by atoms with E-state index in [9.17, 15) is 9.59 Å². The zero-order chi connectivity index (χ0) is 17.3. The SMILES string of the molecule is CN1CCCC(N(C)C(=O)c2ccc(NC(=O)C3(N)CC3)cc2)C1.Cl.Cl. The molecule has 146 valence electrons. The van der Waals surface area contributed by atoms with Gasteiger partial charge in [-0.2, -0.15) is 0 Å². The number of likely N-dealkylation sites (N-methyl/N-ethyl adjacent to an activating group) is 2. The van der Waals surface area contributed by atoms with Gasteiger partial charge < -0.3 is 20.9 Å². The van der Waals surface area contributed by atoms with Gasteiger partial charge in [-0.05, 0) is 63.5 Å². The van der Waals surface area contributed by atoms with Crippen LogP contribution in [-0.2, 0) is 4.79 Å². The first kappa shape index (κ1) is 22.7. The molecule has 1 aromatic rings. The highest BCUT2D eigenvalue weighted by molar-refractivity contribution is 6.00. The highest BCUT2D eigenvalue weighted by Gasteiger charge is 2.45. The molecule has 1 heterocycles. The van der Waals surface area contributed by atoms with E-state index >= 15 is 0 Å². The van der Waals surface area contributed by atoms with Gasteiger partial charge in [0, 0.05) is 30.9 Å². The average Bonchev–Trinajstić information content (AvgIpc) is 3.33. The third-order valence-electron chi connectivity index (χ3n) is 5.10. The molecule has 1 saturated carbocycles. The minimum Gasteiger partial charge on any atom is -0.337 e. The van der Waals surface area contributed by atoms with Gasteiger partial charge in [0.1, 0.15) is 0 Å². The highest BCUT2D eigenvalue weighted by Crippen LogP contribution is 2.33. The van der Waals surface area contributed by atoms with Crippen LogP contribution in [0.2, 0.25) is 0 Å². The molecule has 1 saturated heterocycles. The van der Waals surface area contributed by atoms with E-state index in [1.807, 2.05) is 11.9 Å². The quantitative estimate of drug-likeness (QED) is 0.808. The summed E-state index contributed by atoms with van der Waals surface area (Å²) in [6.07, 6.45) is 3.62. The van der Waals surface area contributed by atoms with Gasteiger partial charge in [0.05, 0.1) is 5.54 Å². The topological polar surface area (TPSA) is 78.7 Å². The molecule has 2 amide bonds. The lowest BCUT2D eigenvalue weighted by Gasteiger charge is -2.35. The molecule has 1 aliphatic heterocycles. The Morgan fingerprint density at radius 1 is 1.23 bits per heavy atom. The minimum atomic E-state index is -0.693. The summed E-state index contributed by atoms with van der Waals surface area (Å²) in [5.74, 6) is -0.130. The maximum Gasteiger partial charge on any atom is 0.253 e. The summed E-state index contributed by atoms with van der Waals surface area (Å²) in [6, 6.07) is 7.30. The first-order valence-corrected chi connectivity index (χ1v) is 8.55. The molecule has 3 N–H and O–H groups in total. The number of nitrogens with two attached hydrogens (primary N) is 1. The number of halogens is 2. The van der Waals surface area contributed by atoms with Crippen LogP contribution >= 0.6 is 24.8 Å². The van der Waals surface area contributed by atoms with Crippen molar-refractivity contribution in [3.63, 3.8) is 0 Å². The van der Waals surface area contributed by atoms with E-state index in [2.05, 4.69) is 17.3 Å². The predicted molar refractivity (Wildman–Crippen MR) is 108 cm³/mol. The molecule has 1 unspecified atom stereocenters. The maximum absolute atomic E-state index is 12.7.